The van der Waals surface area contributed by atoms with E-state index in [0.29, 0.717) is 0 Å². The number of nitriles is 1. The maximum atomic E-state index is 12.5. The minimum atomic E-state index is -5.13. The molecule has 0 saturated heterocycles. The zero-order valence-corrected chi connectivity index (χ0v) is 10.9. The molecule has 0 aliphatic carbocycles. The highest BCUT2D eigenvalue weighted by Crippen LogP contribution is 2.35. The minimum absolute atomic E-state index is 0.149. The predicted octanol–water partition coefficient (Wildman–Crippen LogP) is 3.67. The Bertz CT molecular complexity index is 519. The van der Waals surface area contributed by atoms with Gasteiger partial charge in [0.05, 0.1) is 21.8 Å². The average Bonchev–Trinajstić information content (AvgIpc) is 2.20. The number of hydrogen-bond acceptors (Lipinski definition) is 3. The van der Waals surface area contributed by atoms with Crippen LogP contribution in [0.5, 0.6) is 5.75 Å². The summed E-state index contributed by atoms with van der Waals surface area (Å²) in [5.41, 5.74) is -1.96. The molecule has 0 radical (unpaired) electrons. The molecular weight excluding hydrogens is 393 g/mol. The van der Waals surface area contributed by atoms with E-state index in [1.165, 1.54) is 28.7 Å². The van der Waals surface area contributed by atoms with E-state index in [2.05, 4.69) is 9.72 Å². The highest BCUT2D eigenvalue weighted by Gasteiger charge is 2.37. The first-order chi connectivity index (χ1) is 8.54. The molecule has 0 aliphatic heterocycles. The third-order valence-electron chi connectivity index (χ3n) is 1.76. The fourth-order valence-corrected chi connectivity index (χ4v) is 1.67. The standard InChI is InChI=1S/C9H3F6IN2O/c10-8(11,12)6-3-5(19-9(13,14)15)7(16)4(18-6)1-2-17/h3H,1H2. The lowest BCUT2D eigenvalue weighted by Gasteiger charge is -2.15. The van der Waals surface area contributed by atoms with Crippen LogP contribution in [-0.4, -0.2) is 11.3 Å². The second-order valence-corrected chi connectivity index (χ2v) is 4.23. The van der Waals surface area contributed by atoms with Crippen molar-refractivity contribution in [2.45, 2.75) is 19.0 Å². The van der Waals surface area contributed by atoms with Crippen LogP contribution in [0.25, 0.3) is 0 Å². The molecule has 0 amide bonds. The van der Waals surface area contributed by atoms with Gasteiger partial charge in [0.25, 0.3) is 0 Å². The van der Waals surface area contributed by atoms with Crippen molar-refractivity contribution >= 4 is 22.6 Å². The van der Waals surface area contributed by atoms with Gasteiger partial charge in [-0.25, -0.2) is 4.98 Å². The second kappa shape index (κ2) is 5.40. The number of halogens is 7. The lowest BCUT2D eigenvalue weighted by atomic mass is 10.2. The molecule has 3 nitrogen and oxygen atoms in total. The zero-order valence-electron chi connectivity index (χ0n) is 8.73. The molecule has 0 aromatic carbocycles. The van der Waals surface area contributed by atoms with Crippen LogP contribution in [0.1, 0.15) is 11.4 Å². The number of ether oxygens (including phenoxy) is 1. The van der Waals surface area contributed by atoms with Crippen molar-refractivity contribution < 1.29 is 31.1 Å². The van der Waals surface area contributed by atoms with Crippen LogP contribution < -0.4 is 4.74 Å². The van der Waals surface area contributed by atoms with Crippen LogP contribution in [0.3, 0.4) is 0 Å². The zero-order chi connectivity index (χ0) is 14.8. The highest BCUT2D eigenvalue weighted by molar-refractivity contribution is 14.1. The van der Waals surface area contributed by atoms with Crippen molar-refractivity contribution in [3.05, 3.63) is 21.0 Å². The van der Waals surface area contributed by atoms with Crippen LogP contribution in [0.2, 0.25) is 0 Å². The average molecular weight is 396 g/mol. The molecule has 0 bridgehead atoms. The molecule has 1 heterocycles. The van der Waals surface area contributed by atoms with E-state index >= 15 is 0 Å². The summed E-state index contributed by atoms with van der Waals surface area (Å²) in [6.07, 6.45) is -10.6. The topological polar surface area (TPSA) is 45.9 Å². The number of nitrogens with zero attached hydrogens (tertiary/aromatic N) is 2. The summed E-state index contributed by atoms with van der Waals surface area (Å²) in [7, 11) is 0. The SMILES string of the molecule is N#CCc1nc(C(F)(F)F)cc(OC(F)(F)F)c1I. The number of pyridine rings is 1. The molecule has 0 N–H and O–H groups in total. The first kappa shape index (κ1) is 15.8. The fraction of sp³-hybridized carbons (Fsp3) is 0.333. The lowest BCUT2D eigenvalue weighted by Crippen LogP contribution is -2.20. The van der Waals surface area contributed by atoms with Gasteiger partial charge in [0.1, 0.15) is 11.4 Å². The van der Waals surface area contributed by atoms with Crippen LogP contribution >= 0.6 is 22.6 Å². The summed E-state index contributed by atoms with van der Waals surface area (Å²) in [5, 5.41) is 8.42. The number of rotatable bonds is 2. The van der Waals surface area contributed by atoms with E-state index in [-0.39, 0.29) is 9.64 Å². The number of aromatic nitrogens is 1. The monoisotopic (exact) mass is 396 g/mol. The molecule has 0 unspecified atom stereocenters. The first-order valence-electron chi connectivity index (χ1n) is 4.44. The van der Waals surface area contributed by atoms with Gasteiger partial charge in [-0.2, -0.15) is 18.4 Å². The molecule has 10 heteroatoms. The Balaban J connectivity index is 3.37. The molecule has 1 aromatic heterocycles. The van der Waals surface area contributed by atoms with Gasteiger partial charge >= 0.3 is 12.5 Å². The van der Waals surface area contributed by atoms with Crippen LogP contribution in [-0.2, 0) is 12.6 Å². The van der Waals surface area contributed by atoms with Crippen LogP contribution in [0.15, 0.2) is 6.07 Å². The van der Waals surface area contributed by atoms with Crippen LogP contribution in [0.4, 0.5) is 26.3 Å². The molecule has 19 heavy (non-hydrogen) atoms. The quantitative estimate of drug-likeness (QED) is 0.567. The highest BCUT2D eigenvalue weighted by atomic mass is 127. The summed E-state index contributed by atoms with van der Waals surface area (Å²) in [5.74, 6) is -1.03. The Hall–Kier alpha value is -1.25. The second-order valence-electron chi connectivity index (χ2n) is 3.15. The Morgan fingerprint density at radius 1 is 1.26 bits per heavy atom. The molecule has 0 saturated carbocycles. The number of alkyl halides is 6. The summed E-state index contributed by atoms with van der Waals surface area (Å²) >= 11 is 1.34. The van der Waals surface area contributed by atoms with E-state index in [9.17, 15) is 26.3 Å². The van der Waals surface area contributed by atoms with Gasteiger partial charge in [-0.15, -0.1) is 13.2 Å². The maximum absolute atomic E-state index is 12.5. The predicted molar refractivity (Wildman–Crippen MR) is 58.0 cm³/mol. The van der Waals surface area contributed by atoms with Gasteiger partial charge in [0.2, 0.25) is 0 Å². The maximum Gasteiger partial charge on any atom is 0.573 e. The molecule has 104 valence electrons. The molecule has 0 fully saturated rings. The van der Waals surface area contributed by atoms with E-state index in [0.717, 1.165) is 0 Å². The van der Waals surface area contributed by atoms with Crippen molar-refractivity contribution in [2.75, 3.05) is 0 Å². The van der Waals surface area contributed by atoms with Gasteiger partial charge in [-0.05, 0) is 22.6 Å². The summed E-state index contributed by atoms with van der Waals surface area (Å²) < 4.78 is 76.8. The van der Waals surface area contributed by atoms with Crippen molar-refractivity contribution in [1.29, 1.82) is 5.26 Å². The van der Waals surface area contributed by atoms with E-state index in [4.69, 9.17) is 5.26 Å². The van der Waals surface area contributed by atoms with E-state index < -0.39 is 36.1 Å². The minimum Gasteiger partial charge on any atom is -0.405 e. The lowest BCUT2D eigenvalue weighted by molar-refractivity contribution is -0.275. The van der Waals surface area contributed by atoms with Crippen molar-refractivity contribution in [3.63, 3.8) is 0 Å². The number of hydrogen-bond donors (Lipinski definition) is 0. The van der Waals surface area contributed by atoms with Gasteiger partial charge < -0.3 is 4.74 Å². The molecule has 1 aromatic rings. The third kappa shape index (κ3) is 4.41. The van der Waals surface area contributed by atoms with E-state index in [1.54, 1.807) is 0 Å². The van der Waals surface area contributed by atoms with Crippen molar-refractivity contribution in [3.8, 4) is 11.8 Å². The Morgan fingerprint density at radius 2 is 1.84 bits per heavy atom. The summed E-state index contributed by atoms with van der Waals surface area (Å²) in [6.45, 7) is 0. The van der Waals surface area contributed by atoms with Gasteiger partial charge in [-0.1, -0.05) is 0 Å². The fourth-order valence-electron chi connectivity index (χ4n) is 1.09. The Morgan fingerprint density at radius 3 is 2.26 bits per heavy atom. The smallest absolute Gasteiger partial charge is 0.405 e. The largest absolute Gasteiger partial charge is 0.573 e. The normalized spacial score (nSPS) is 12.1. The molecule has 0 spiro atoms. The van der Waals surface area contributed by atoms with Crippen molar-refractivity contribution in [2.24, 2.45) is 0 Å². The summed E-state index contributed by atoms with van der Waals surface area (Å²) in [6, 6.07) is 1.67. The Labute approximate surface area is 116 Å². The Kier molecular flexibility index (Phi) is 4.49. The third-order valence-corrected chi connectivity index (χ3v) is 2.91. The van der Waals surface area contributed by atoms with E-state index in [1.807, 2.05) is 0 Å². The molecule has 0 aliphatic rings. The molecule has 0 atom stereocenters. The van der Waals surface area contributed by atoms with Gasteiger partial charge in [-0.3, -0.25) is 0 Å². The first-order valence-corrected chi connectivity index (χ1v) is 5.52. The van der Waals surface area contributed by atoms with Crippen molar-refractivity contribution in [1.82, 2.24) is 4.98 Å². The molecular formula is C9H3F6IN2O. The van der Waals surface area contributed by atoms with Crippen LogP contribution in [0, 0.1) is 14.9 Å². The van der Waals surface area contributed by atoms with Gasteiger partial charge in [0, 0.05) is 6.07 Å². The molecule has 1 rings (SSSR count). The summed E-state index contributed by atoms with van der Waals surface area (Å²) in [4.78, 5) is 3.12. The van der Waals surface area contributed by atoms with Gasteiger partial charge in [0.15, 0.2) is 0 Å².